The minimum atomic E-state index is -0.840. The molecule has 0 spiro atoms. The fraction of sp³-hybridized carbons (Fsp3) is 0.529. The van der Waals surface area contributed by atoms with E-state index < -0.39 is 12.1 Å². The average molecular weight is 319 g/mol. The number of carbonyl (C=O) groups is 2. The summed E-state index contributed by atoms with van der Waals surface area (Å²) < 4.78 is 16.0. The number of hydrogen-bond donors (Lipinski definition) is 1. The van der Waals surface area contributed by atoms with Crippen molar-refractivity contribution in [1.29, 1.82) is 0 Å². The Morgan fingerprint density at radius 1 is 1.13 bits per heavy atom. The largest absolute Gasteiger partial charge is 0.485 e. The lowest BCUT2D eigenvalue weighted by atomic mass is 9.95. The molecule has 3 rings (SSSR count). The van der Waals surface area contributed by atoms with Crippen molar-refractivity contribution in [3.05, 3.63) is 24.3 Å². The Hall–Kier alpha value is -2.24. The zero-order valence-corrected chi connectivity index (χ0v) is 13.0. The summed E-state index contributed by atoms with van der Waals surface area (Å²) in [5.74, 6) is 0.264. The molecule has 1 N–H and O–H groups in total. The van der Waals surface area contributed by atoms with Gasteiger partial charge in [-0.3, -0.25) is 4.79 Å². The van der Waals surface area contributed by atoms with Gasteiger partial charge in [-0.25, -0.2) is 4.79 Å². The number of rotatable bonds is 4. The molecule has 0 bridgehead atoms. The Morgan fingerprint density at radius 2 is 1.87 bits per heavy atom. The molecule has 1 fully saturated rings. The molecule has 6 nitrogen and oxygen atoms in total. The number of nitrogens with one attached hydrogen (secondary N) is 1. The highest BCUT2D eigenvalue weighted by molar-refractivity contribution is 5.82. The molecule has 6 heteroatoms. The van der Waals surface area contributed by atoms with Crippen LogP contribution >= 0.6 is 0 Å². The predicted octanol–water partition coefficient (Wildman–Crippen LogP) is 1.82. The molecule has 1 amide bonds. The SMILES string of the molecule is O=C(COC(=O)[C@H]1COc2ccccc2O1)NC1CCCCC1. The molecule has 1 aromatic carbocycles. The lowest BCUT2D eigenvalue weighted by Crippen LogP contribution is -2.42. The number of amides is 1. The Labute approximate surface area is 135 Å². The summed E-state index contributed by atoms with van der Waals surface area (Å²) in [6.45, 7) is -0.197. The highest BCUT2D eigenvalue weighted by Gasteiger charge is 2.29. The maximum Gasteiger partial charge on any atom is 0.351 e. The quantitative estimate of drug-likeness (QED) is 0.857. The highest BCUT2D eigenvalue weighted by Crippen LogP contribution is 2.31. The van der Waals surface area contributed by atoms with Gasteiger partial charge in [0.15, 0.2) is 18.1 Å². The van der Waals surface area contributed by atoms with Crippen molar-refractivity contribution in [2.45, 2.75) is 44.2 Å². The Balaban J connectivity index is 1.43. The Bertz CT molecular complexity index is 568. The zero-order chi connectivity index (χ0) is 16.1. The van der Waals surface area contributed by atoms with Crippen LogP contribution in [0.3, 0.4) is 0 Å². The number of fused-ring (bicyclic) bond motifs is 1. The van der Waals surface area contributed by atoms with Crippen molar-refractivity contribution in [2.24, 2.45) is 0 Å². The van der Waals surface area contributed by atoms with Crippen molar-refractivity contribution in [3.8, 4) is 11.5 Å². The lowest BCUT2D eigenvalue weighted by Gasteiger charge is -2.25. The third-order valence-electron chi connectivity index (χ3n) is 4.09. The monoisotopic (exact) mass is 319 g/mol. The normalized spacial score (nSPS) is 20.6. The average Bonchev–Trinajstić information content (AvgIpc) is 2.60. The van der Waals surface area contributed by atoms with E-state index in [2.05, 4.69) is 5.32 Å². The van der Waals surface area contributed by atoms with Crippen molar-refractivity contribution >= 4 is 11.9 Å². The second-order valence-corrected chi connectivity index (χ2v) is 5.87. The van der Waals surface area contributed by atoms with Crippen LogP contribution in [0.4, 0.5) is 0 Å². The number of esters is 1. The predicted molar refractivity (Wildman–Crippen MR) is 82.3 cm³/mol. The van der Waals surface area contributed by atoms with E-state index in [1.165, 1.54) is 6.42 Å². The van der Waals surface area contributed by atoms with Gasteiger partial charge in [-0.1, -0.05) is 31.4 Å². The summed E-state index contributed by atoms with van der Waals surface area (Å²) in [5, 5.41) is 2.90. The van der Waals surface area contributed by atoms with E-state index in [1.807, 2.05) is 6.07 Å². The van der Waals surface area contributed by atoms with Gasteiger partial charge in [-0.05, 0) is 25.0 Å². The van der Waals surface area contributed by atoms with E-state index in [0.717, 1.165) is 25.7 Å². The molecule has 2 aliphatic rings. The zero-order valence-electron chi connectivity index (χ0n) is 13.0. The van der Waals surface area contributed by atoms with Crippen molar-refractivity contribution < 1.29 is 23.8 Å². The second-order valence-electron chi connectivity index (χ2n) is 5.87. The van der Waals surface area contributed by atoms with Crippen LogP contribution < -0.4 is 14.8 Å². The minimum absolute atomic E-state index is 0.0834. The molecule has 23 heavy (non-hydrogen) atoms. The maximum absolute atomic E-state index is 12.0. The van der Waals surface area contributed by atoms with Crippen molar-refractivity contribution in [3.63, 3.8) is 0 Å². The van der Waals surface area contributed by atoms with Crippen LogP contribution in [0.1, 0.15) is 32.1 Å². The molecule has 0 unspecified atom stereocenters. The molecule has 1 aliphatic heterocycles. The van der Waals surface area contributed by atoms with Gasteiger partial charge in [0.1, 0.15) is 6.61 Å². The molecule has 0 radical (unpaired) electrons. The van der Waals surface area contributed by atoms with Crippen LogP contribution in [0.25, 0.3) is 0 Å². The van der Waals surface area contributed by atoms with E-state index in [4.69, 9.17) is 14.2 Å². The van der Waals surface area contributed by atoms with E-state index in [1.54, 1.807) is 18.2 Å². The van der Waals surface area contributed by atoms with Crippen LogP contribution in [0.2, 0.25) is 0 Å². The first kappa shape index (κ1) is 15.6. The van der Waals surface area contributed by atoms with E-state index in [9.17, 15) is 9.59 Å². The summed E-state index contributed by atoms with van der Waals surface area (Å²) >= 11 is 0. The topological polar surface area (TPSA) is 73.9 Å². The van der Waals surface area contributed by atoms with Gasteiger partial charge in [-0.15, -0.1) is 0 Å². The van der Waals surface area contributed by atoms with Crippen LogP contribution in [0, 0.1) is 0 Å². The first-order valence-electron chi connectivity index (χ1n) is 8.07. The molecule has 1 aliphatic carbocycles. The summed E-state index contributed by atoms with van der Waals surface area (Å²) in [6, 6.07) is 7.33. The molecule has 0 saturated heterocycles. The fourth-order valence-electron chi connectivity index (χ4n) is 2.88. The summed E-state index contributed by atoms with van der Waals surface area (Å²) in [6.07, 6.45) is 4.65. The van der Waals surface area contributed by atoms with Crippen molar-refractivity contribution in [1.82, 2.24) is 5.32 Å². The Morgan fingerprint density at radius 3 is 2.65 bits per heavy atom. The molecule has 1 aromatic rings. The lowest BCUT2D eigenvalue weighted by molar-refractivity contribution is -0.157. The van der Waals surface area contributed by atoms with Gasteiger partial charge >= 0.3 is 5.97 Å². The highest BCUT2D eigenvalue weighted by atomic mass is 16.6. The second kappa shape index (κ2) is 7.35. The van der Waals surface area contributed by atoms with E-state index in [0.29, 0.717) is 11.5 Å². The molecule has 1 atom stereocenters. The summed E-state index contributed by atoms with van der Waals surface area (Å²) in [4.78, 5) is 23.8. The van der Waals surface area contributed by atoms with Gasteiger partial charge in [0.05, 0.1) is 0 Å². The van der Waals surface area contributed by atoms with Gasteiger partial charge in [0, 0.05) is 6.04 Å². The third-order valence-corrected chi connectivity index (χ3v) is 4.09. The molecule has 124 valence electrons. The number of carbonyl (C=O) groups excluding carboxylic acids is 2. The molecular weight excluding hydrogens is 298 g/mol. The standard InChI is InChI=1S/C17H21NO5/c19-16(18-12-6-2-1-3-7-12)11-22-17(20)15-10-21-13-8-4-5-9-14(13)23-15/h4-5,8-9,12,15H,1-3,6-7,10-11H2,(H,18,19)/t15-/m1/s1. The number of para-hydroxylation sites is 2. The first-order valence-corrected chi connectivity index (χ1v) is 8.07. The van der Waals surface area contributed by atoms with Crippen molar-refractivity contribution in [2.75, 3.05) is 13.2 Å². The minimum Gasteiger partial charge on any atom is -0.485 e. The smallest absolute Gasteiger partial charge is 0.351 e. The number of ether oxygens (including phenoxy) is 3. The summed E-state index contributed by atoms with van der Waals surface area (Å²) in [7, 11) is 0. The molecular formula is C17H21NO5. The van der Waals surface area contributed by atoms with Gasteiger partial charge in [0.2, 0.25) is 6.10 Å². The first-order chi connectivity index (χ1) is 11.2. The van der Waals surface area contributed by atoms with Crippen LogP contribution in [0.15, 0.2) is 24.3 Å². The Kier molecular flexibility index (Phi) is 5.00. The van der Waals surface area contributed by atoms with E-state index >= 15 is 0 Å². The van der Waals surface area contributed by atoms with E-state index in [-0.39, 0.29) is 25.2 Å². The number of benzene rings is 1. The van der Waals surface area contributed by atoms with Gasteiger partial charge in [0.25, 0.3) is 5.91 Å². The maximum atomic E-state index is 12.0. The number of hydrogen-bond acceptors (Lipinski definition) is 5. The molecule has 0 aromatic heterocycles. The van der Waals surface area contributed by atoms with Gasteiger partial charge < -0.3 is 19.5 Å². The van der Waals surface area contributed by atoms with Crippen LogP contribution in [0.5, 0.6) is 11.5 Å². The van der Waals surface area contributed by atoms with Crippen LogP contribution in [-0.4, -0.2) is 37.2 Å². The molecule has 1 saturated carbocycles. The molecule has 1 heterocycles. The van der Waals surface area contributed by atoms with Gasteiger partial charge in [-0.2, -0.15) is 0 Å². The summed E-state index contributed by atoms with van der Waals surface area (Å²) in [5.41, 5.74) is 0. The fourth-order valence-corrected chi connectivity index (χ4v) is 2.88. The third kappa shape index (κ3) is 4.15. The van der Waals surface area contributed by atoms with Crippen LogP contribution in [-0.2, 0) is 14.3 Å².